The highest BCUT2D eigenvalue weighted by Gasteiger charge is 2.24. The lowest BCUT2D eigenvalue weighted by atomic mass is 10.1. The fourth-order valence-electron chi connectivity index (χ4n) is 3.43. The Balaban J connectivity index is 1.74. The number of nitrogens with zero attached hydrogens (tertiary/aromatic N) is 5. The molecule has 1 aliphatic heterocycles. The Morgan fingerprint density at radius 2 is 2.04 bits per heavy atom. The van der Waals surface area contributed by atoms with Gasteiger partial charge in [-0.1, -0.05) is 0 Å². The third-order valence-corrected chi connectivity index (χ3v) is 4.88. The number of anilines is 1. The van der Waals surface area contributed by atoms with Crippen LogP contribution in [0.1, 0.15) is 0 Å². The Morgan fingerprint density at radius 1 is 1.31 bits per heavy atom. The summed E-state index contributed by atoms with van der Waals surface area (Å²) in [6.07, 6.45) is 1.04. The summed E-state index contributed by atoms with van der Waals surface area (Å²) in [5.41, 5.74) is 1.12. The molecule has 3 rings (SSSR count). The maximum atomic E-state index is 11.6. The molecule has 1 fully saturated rings. The van der Waals surface area contributed by atoms with Gasteiger partial charge in [-0.2, -0.15) is 0 Å². The number of rotatable bonds is 6. The number of aliphatic hydroxyl groups is 1. The maximum Gasteiger partial charge on any atom is 0.301 e. The van der Waals surface area contributed by atoms with E-state index in [9.17, 15) is 15.2 Å². The number of fused-ring (bicyclic) bond motifs is 1. The van der Waals surface area contributed by atoms with Crippen LogP contribution in [0.2, 0.25) is 0 Å². The molecule has 1 aromatic carbocycles. The monoisotopic (exact) mass is 359 g/mol. The summed E-state index contributed by atoms with van der Waals surface area (Å²) in [5, 5.41) is 22.6. The number of hydrogen-bond acceptors (Lipinski definition) is 7. The second-order valence-electron chi connectivity index (χ2n) is 6.90. The molecule has 8 nitrogen and oxygen atoms in total. The molecule has 1 unspecified atom stereocenters. The molecular weight excluding hydrogens is 334 g/mol. The molecule has 2 aromatic rings. The molecule has 2 heterocycles. The van der Waals surface area contributed by atoms with E-state index in [0.29, 0.717) is 29.7 Å². The molecule has 0 bridgehead atoms. The van der Waals surface area contributed by atoms with Crippen molar-refractivity contribution in [2.75, 3.05) is 58.3 Å². The van der Waals surface area contributed by atoms with Crippen molar-refractivity contribution >= 4 is 22.3 Å². The van der Waals surface area contributed by atoms with Gasteiger partial charge in [-0.25, -0.2) is 0 Å². The van der Waals surface area contributed by atoms with E-state index in [-0.39, 0.29) is 10.6 Å². The predicted molar refractivity (Wildman–Crippen MR) is 102 cm³/mol. The van der Waals surface area contributed by atoms with Crippen molar-refractivity contribution in [2.45, 2.75) is 6.10 Å². The first-order chi connectivity index (χ1) is 12.5. The molecule has 1 saturated heterocycles. The van der Waals surface area contributed by atoms with Crippen molar-refractivity contribution in [2.24, 2.45) is 0 Å². The fourth-order valence-corrected chi connectivity index (χ4v) is 3.43. The second-order valence-corrected chi connectivity index (χ2v) is 6.90. The van der Waals surface area contributed by atoms with Crippen molar-refractivity contribution in [3.05, 3.63) is 40.6 Å². The van der Waals surface area contributed by atoms with Gasteiger partial charge in [0.05, 0.1) is 21.9 Å². The lowest BCUT2D eigenvalue weighted by Gasteiger charge is -2.34. The van der Waals surface area contributed by atoms with Crippen molar-refractivity contribution in [1.82, 2.24) is 14.8 Å². The van der Waals surface area contributed by atoms with Gasteiger partial charge < -0.3 is 14.9 Å². The SMILES string of the molecule is CN1CCN(CC(O)CN(C)c2ccc3ncccc3c2[N+](=O)[O-])CC1. The van der Waals surface area contributed by atoms with Gasteiger partial charge >= 0.3 is 5.69 Å². The number of nitro benzene ring substituents is 1. The topological polar surface area (TPSA) is 86.0 Å². The number of hydrogen-bond donors (Lipinski definition) is 1. The second kappa shape index (κ2) is 7.94. The van der Waals surface area contributed by atoms with Crippen molar-refractivity contribution in [3.8, 4) is 0 Å². The van der Waals surface area contributed by atoms with Gasteiger partial charge in [-0.05, 0) is 31.3 Å². The summed E-state index contributed by atoms with van der Waals surface area (Å²) in [4.78, 5) is 21.7. The molecule has 0 aliphatic carbocycles. The summed E-state index contributed by atoms with van der Waals surface area (Å²) in [7, 11) is 3.87. The van der Waals surface area contributed by atoms with Crippen LogP contribution in [0, 0.1) is 10.1 Å². The summed E-state index contributed by atoms with van der Waals surface area (Å²) >= 11 is 0. The Bertz CT molecular complexity index is 777. The van der Waals surface area contributed by atoms with Crippen LogP contribution < -0.4 is 4.90 Å². The van der Waals surface area contributed by atoms with E-state index in [1.54, 1.807) is 42.4 Å². The van der Waals surface area contributed by atoms with Crippen molar-refractivity contribution in [3.63, 3.8) is 0 Å². The highest BCUT2D eigenvalue weighted by molar-refractivity contribution is 5.94. The molecule has 1 aromatic heterocycles. The van der Waals surface area contributed by atoms with Crippen LogP contribution in [0.4, 0.5) is 11.4 Å². The van der Waals surface area contributed by atoms with Crippen LogP contribution >= 0.6 is 0 Å². The summed E-state index contributed by atoms with van der Waals surface area (Å²) in [6, 6.07) is 6.89. The molecule has 1 aliphatic rings. The fraction of sp³-hybridized carbons (Fsp3) is 0.500. The van der Waals surface area contributed by atoms with Crippen LogP contribution in [-0.2, 0) is 0 Å². The Kier molecular flexibility index (Phi) is 5.65. The Morgan fingerprint density at radius 3 is 2.73 bits per heavy atom. The Labute approximate surface area is 152 Å². The summed E-state index contributed by atoms with van der Waals surface area (Å²) in [6.45, 7) is 4.75. The van der Waals surface area contributed by atoms with Gasteiger partial charge in [0, 0.05) is 52.5 Å². The molecule has 0 saturated carbocycles. The molecule has 140 valence electrons. The zero-order valence-corrected chi connectivity index (χ0v) is 15.2. The molecule has 0 amide bonds. The number of piperazine rings is 1. The molecule has 8 heteroatoms. The van der Waals surface area contributed by atoms with E-state index in [1.807, 2.05) is 0 Å². The van der Waals surface area contributed by atoms with Gasteiger partial charge in [0.15, 0.2) is 0 Å². The lowest BCUT2D eigenvalue weighted by molar-refractivity contribution is -0.382. The van der Waals surface area contributed by atoms with E-state index >= 15 is 0 Å². The van der Waals surface area contributed by atoms with Crippen molar-refractivity contribution < 1.29 is 10.0 Å². The molecular formula is C18H25N5O3. The minimum atomic E-state index is -0.576. The van der Waals surface area contributed by atoms with Crippen LogP contribution in [0.25, 0.3) is 10.9 Å². The number of benzene rings is 1. The molecule has 0 spiro atoms. The number of likely N-dealkylation sites (N-methyl/N-ethyl adjacent to an activating group) is 2. The third-order valence-electron chi connectivity index (χ3n) is 4.88. The van der Waals surface area contributed by atoms with Crippen LogP contribution in [0.5, 0.6) is 0 Å². The first kappa shape index (κ1) is 18.5. The standard InChI is InChI=1S/C18H25N5O3/c1-20-8-10-22(11-9-20)13-14(24)12-21(2)17-6-5-16-15(4-3-7-19-16)18(17)23(25)26/h3-7,14,24H,8-13H2,1-2H3. The zero-order valence-electron chi connectivity index (χ0n) is 15.2. The summed E-state index contributed by atoms with van der Waals surface area (Å²) in [5.74, 6) is 0. The van der Waals surface area contributed by atoms with Gasteiger partial charge in [-0.15, -0.1) is 0 Å². The maximum absolute atomic E-state index is 11.6. The largest absolute Gasteiger partial charge is 0.390 e. The third kappa shape index (κ3) is 4.09. The minimum absolute atomic E-state index is 0.0323. The molecule has 1 atom stereocenters. The van der Waals surface area contributed by atoms with Gasteiger partial charge in [0.1, 0.15) is 5.69 Å². The van der Waals surface area contributed by atoms with Crippen LogP contribution in [0.3, 0.4) is 0 Å². The zero-order chi connectivity index (χ0) is 18.7. The molecule has 26 heavy (non-hydrogen) atoms. The van der Waals surface area contributed by atoms with E-state index in [0.717, 1.165) is 26.2 Å². The van der Waals surface area contributed by atoms with E-state index in [4.69, 9.17) is 0 Å². The van der Waals surface area contributed by atoms with Gasteiger partial charge in [-0.3, -0.25) is 20.0 Å². The first-order valence-electron chi connectivity index (χ1n) is 8.78. The van der Waals surface area contributed by atoms with E-state index in [1.165, 1.54) is 0 Å². The van der Waals surface area contributed by atoms with Gasteiger partial charge in [0.25, 0.3) is 0 Å². The highest BCUT2D eigenvalue weighted by Crippen LogP contribution is 2.34. The predicted octanol–water partition coefficient (Wildman–Crippen LogP) is 1.19. The van der Waals surface area contributed by atoms with E-state index in [2.05, 4.69) is 21.8 Å². The number of aromatic nitrogens is 1. The van der Waals surface area contributed by atoms with Crippen molar-refractivity contribution in [1.29, 1.82) is 0 Å². The number of nitro groups is 1. The first-order valence-corrected chi connectivity index (χ1v) is 8.78. The Hall–Kier alpha value is -2.29. The van der Waals surface area contributed by atoms with E-state index < -0.39 is 6.10 Å². The van der Waals surface area contributed by atoms with Gasteiger partial charge in [0.2, 0.25) is 0 Å². The quantitative estimate of drug-likeness (QED) is 0.612. The lowest BCUT2D eigenvalue weighted by Crippen LogP contribution is -2.48. The summed E-state index contributed by atoms with van der Waals surface area (Å²) < 4.78 is 0. The smallest absolute Gasteiger partial charge is 0.301 e. The average Bonchev–Trinajstić information content (AvgIpc) is 2.62. The number of pyridine rings is 1. The minimum Gasteiger partial charge on any atom is -0.390 e. The number of aliphatic hydroxyl groups excluding tert-OH is 1. The number of β-amino-alcohol motifs (C(OH)–C–C–N with tert-alkyl or cyclic N) is 1. The van der Waals surface area contributed by atoms with Crippen LogP contribution in [-0.4, -0.2) is 84.3 Å². The van der Waals surface area contributed by atoms with Crippen LogP contribution in [0.15, 0.2) is 30.5 Å². The highest BCUT2D eigenvalue weighted by atomic mass is 16.6. The molecule has 0 radical (unpaired) electrons. The average molecular weight is 359 g/mol. The normalized spacial score (nSPS) is 17.3. The molecule has 1 N–H and O–H groups in total.